The Hall–Kier alpha value is -4.43. The normalized spacial score (nSPS) is 9.38. The average Bonchev–Trinajstić information content (AvgIpc) is 3.63. The van der Waals surface area contributed by atoms with Crippen molar-refractivity contribution >= 4 is 30.6 Å². The van der Waals surface area contributed by atoms with Crippen LogP contribution in [0.1, 0.15) is 10.4 Å². The molecule has 0 spiro atoms. The number of carbonyl (C=O) groups excluding carboxylic acids is 2. The van der Waals surface area contributed by atoms with Crippen LogP contribution in [0, 0.1) is 19.3 Å². The van der Waals surface area contributed by atoms with E-state index in [1.54, 1.807) is 32.4 Å². The van der Waals surface area contributed by atoms with Crippen LogP contribution >= 0.6 is 0 Å². The van der Waals surface area contributed by atoms with Crippen LogP contribution in [0.3, 0.4) is 0 Å². The van der Waals surface area contributed by atoms with Gasteiger partial charge in [0.15, 0.2) is 0 Å². The molecular formula is C23H24BN8O4Pt. The molecule has 193 valence electrons. The molecule has 0 atom stereocenters. The molecule has 2 amide bonds. The molecule has 3 aromatic heterocycles. The quantitative estimate of drug-likeness (QED) is 0.183. The Balaban J connectivity index is 0.000000354. The number of hydrogen-bond donors (Lipinski definition) is 2. The number of aromatic carboxylic acids is 1. The van der Waals surface area contributed by atoms with Crippen molar-refractivity contribution in [1.29, 1.82) is 0 Å². The zero-order valence-electron chi connectivity index (χ0n) is 20.2. The Bertz CT molecular complexity index is 1230. The number of benzene rings is 1. The molecular weight excluding hydrogens is 658 g/mol. The zero-order valence-corrected chi connectivity index (χ0v) is 22.5. The van der Waals surface area contributed by atoms with Crippen molar-refractivity contribution in [2.75, 3.05) is 19.4 Å². The first kappa shape index (κ1) is 30.6. The summed E-state index contributed by atoms with van der Waals surface area (Å²) in [5, 5.41) is 23.8. The van der Waals surface area contributed by atoms with Crippen LogP contribution in [0.5, 0.6) is 0 Å². The Morgan fingerprint density at radius 2 is 1.32 bits per heavy atom. The number of nitrogens with one attached hydrogen (secondary N) is 1. The van der Waals surface area contributed by atoms with Gasteiger partial charge < -0.3 is 36.5 Å². The van der Waals surface area contributed by atoms with Gasteiger partial charge in [-0.3, -0.25) is 9.59 Å². The fourth-order valence-electron chi connectivity index (χ4n) is 2.70. The number of nitrogens with zero attached hydrogens (tertiary/aromatic N) is 7. The van der Waals surface area contributed by atoms with E-state index in [1.165, 1.54) is 43.3 Å². The van der Waals surface area contributed by atoms with Gasteiger partial charge in [-0.05, 0) is 61.1 Å². The number of hydrogen-bond acceptors (Lipinski definition) is 6. The Labute approximate surface area is 228 Å². The third-order valence-electron chi connectivity index (χ3n) is 4.36. The largest absolute Gasteiger partial charge is 2.00 e. The Morgan fingerprint density at radius 3 is 1.68 bits per heavy atom. The first-order chi connectivity index (χ1) is 16.8. The monoisotopic (exact) mass is 682 g/mol. The molecule has 0 bridgehead atoms. The molecule has 4 rings (SSSR count). The molecule has 1 aromatic carbocycles. The number of aromatic nitrogens is 6. The molecule has 0 aliphatic rings. The van der Waals surface area contributed by atoms with Crippen LogP contribution in [-0.2, 0) is 30.7 Å². The van der Waals surface area contributed by atoms with Crippen molar-refractivity contribution in [2.24, 2.45) is 0 Å². The van der Waals surface area contributed by atoms with Crippen molar-refractivity contribution in [1.82, 2.24) is 34.0 Å². The summed E-state index contributed by atoms with van der Waals surface area (Å²) in [5.41, 5.74) is 0.522. The van der Waals surface area contributed by atoms with Gasteiger partial charge in [0.05, 0.1) is 5.56 Å². The second kappa shape index (κ2) is 14.9. The fourth-order valence-corrected chi connectivity index (χ4v) is 2.70. The predicted molar refractivity (Wildman–Crippen MR) is 134 cm³/mol. The number of carboxylic acids is 1. The van der Waals surface area contributed by atoms with E-state index in [0.717, 1.165) is 0 Å². The zero-order chi connectivity index (χ0) is 25.2. The van der Waals surface area contributed by atoms with E-state index in [9.17, 15) is 14.4 Å². The number of anilines is 1. The van der Waals surface area contributed by atoms with E-state index in [2.05, 4.69) is 32.5 Å². The van der Waals surface area contributed by atoms with E-state index in [0.29, 0.717) is 5.69 Å². The molecule has 12 nitrogen and oxygen atoms in total. The molecule has 37 heavy (non-hydrogen) atoms. The SMILES string of the molecule is CN(C)C(=O)C#CC(=O)Nc1ccc(C(=O)O)cc1.[CH3-].[Pt+2].c1cnn([B-](n2cccn2)n2cccn2)c1. The van der Waals surface area contributed by atoms with Gasteiger partial charge in [-0.1, -0.05) is 0 Å². The number of carbonyl (C=O) groups is 3. The molecule has 0 aliphatic heterocycles. The Kier molecular flexibility index (Phi) is 12.3. The summed E-state index contributed by atoms with van der Waals surface area (Å²) < 4.78 is 5.38. The van der Waals surface area contributed by atoms with Crippen molar-refractivity contribution in [3.63, 3.8) is 0 Å². The first-order valence-corrected chi connectivity index (χ1v) is 10.2. The summed E-state index contributed by atoms with van der Waals surface area (Å²) in [6.45, 7) is 0. The molecule has 0 saturated carbocycles. The van der Waals surface area contributed by atoms with Gasteiger partial charge in [0.1, 0.15) is 0 Å². The molecule has 3 heterocycles. The van der Waals surface area contributed by atoms with E-state index >= 15 is 0 Å². The second-order valence-corrected chi connectivity index (χ2v) is 7.09. The number of carboxylic acid groups (broad SMARTS) is 1. The van der Waals surface area contributed by atoms with Crippen LogP contribution in [0.25, 0.3) is 0 Å². The minimum Gasteiger partial charge on any atom is -0.478 e. The summed E-state index contributed by atoms with van der Waals surface area (Å²) >= 11 is 0. The van der Waals surface area contributed by atoms with Gasteiger partial charge in [0.2, 0.25) is 0 Å². The van der Waals surface area contributed by atoms with Crippen molar-refractivity contribution in [3.05, 3.63) is 92.6 Å². The summed E-state index contributed by atoms with van der Waals surface area (Å²) in [4.78, 5) is 34.4. The summed E-state index contributed by atoms with van der Waals surface area (Å²) in [6, 6.07) is 11.2. The maximum Gasteiger partial charge on any atom is 2.00 e. The maximum atomic E-state index is 11.4. The van der Waals surface area contributed by atoms with Crippen molar-refractivity contribution in [2.45, 2.75) is 0 Å². The molecule has 4 aromatic rings. The average molecular weight is 682 g/mol. The van der Waals surface area contributed by atoms with E-state index in [-0.39, 0.29) is 41.2 Å². The van der Waals surface area contributed by atoms with Gasteiger partial charge in [0.25, 0.3) is 13.0 Å². The minimum atomic E-state index is -1.05. The van der Waals surface area contributed by atoms with Crippen LogP contribution < -0.4 is 5.32 Å². The first-order valence-electron chi connectivity index (χ1n) is 10.2. The molecule has 0 fully saturated rings. The van der Waals surface area contributed by atoms with Crippen LogP contribution in [0.15, 0.2) is 79.6 Å². The fraction of sp³-hybridized carbons (Fsp3) is 0.0870. The van der Waals surface area contributed by atoms with Crippen LogP contribution in [0.4, 0.5) is 5.69 Å². The maximum absolute atomic E-state index is 11.4. The predicted octanol–water partition coefficient (Wildman–Crippen LogP) is 1.07. The molecule has 0 saturated heterocycles. The smallest absolute Gasteiger partial charge is 0.478 e. The molecule has 0 unspecified atom stereocenters. The molecule has 2 N–H and O–H groups in total. The summed E-state index contributed by atoms with van der Waals surface area (Å²) in [7, 11) is 2.86. The standard InChI is InChI=1S/C13H12N2O4.C9H9BN6.CH3.Pt/c1-15(2)12(17)8-7-11(16)14-10-5-3-9(4-6-10)13(18)19;1-4-11-14(7-1)10(15-8-2-5-12-15)16-9-3-6-13-16;;/h3-6H,1-2H3,(H,14,16)(H,18,19);1-9H;1H3;/q;2*-1;+2. The molecule has 1 radical (unpaired) electrons. The van der Waals surface area contributed by atoms with Gasteiger partial charge in [-0.2, -0.15) is 0 Å². The van der Waals surface area contributed by atoms with E-state index in [4.69, 9.17) is 5.11 Å². The summed E-state index contributed by atoms with van der Waals surface area (Å²) in [5.74, 6) is 2.14. The topological polar surface area (TPSA) is 140 Å². The third kappa shape index (κ3) is 8.94. The van der Waals surface area contributed by atoms with Gasteiger partial charge in [-0.15, -0.1) is 0 Å². The van der Waals surface area contributed by atoms with Gasteiger partial charge in [0, 0.05) is 50.2 Å². The van der Waals surface area contributed by atoms with Gasteiger partial charge in [-0.25, -0.2) is 20.1 Å². The van der Waals surface area contributed by atoms with E-state index in [1.807, 2.05) is 36.8 Å². The van der Waals surface area contributed by atoms with Crippen LogP contribution in [0.2, 0.25) is 0 Å². The number of rotatable bonds is 5. The van der Waals surface area contributed by atoms with E-state index < -0.39 is 17.8 Å². The minimum absolute atomic E-state index is 0. The Morgan fingerprint density at radius 1 is 0.865 bits per heavy atom. The summed E-state index contributed by atoms with van der Waals surface area (Å²) in [6.07, 6.45) is 10.9. The molecule has 0 aliphatic carbocycles. The molecule has 14 heteroatoms. The van der Waals surface area contributed by atoms with Crippen molar-refractivity contribution < 1.29 is 40.6 Å². The van der Waals surface area contributed by atoms with Crippen molar-refractivity contribution in [3.8, 4) is 11.8 Å². The number of amides is 2. The van der Waals surface area contributed by atoms with Crippen LogP contribution in [-0.4, -0.2) is 78.1 Å². The second-order valence-electron chi connectivity index (χ2n) is 7.09. The third-order valence-corrected chi connectivity index (χ3v) is 4.36. The van der Waals surface area contributed by atoms with Gasteiger partial charge >= 0.3 is 32.9 Å².